The Labute approximate surface area is 210 Å². The van der Waals surface area contributed by atoms with E-state index in [-0.39, 0.29) is 17.9 Å². The first-order chi connectivity index (χ1) is 16.4. The highest BCUT2D eigenvalue weighted by molar-refractivity contribution is 6.18. The summed E-state index contributed by atoms with van der Waals surface area (Å²) >= 11 is 0. The van der Waals surface area contributed by atoms with Crippen LogP contribution in [0.2, 0.25) is 0 Å². The smallest absolute Gasteiger partial charge is 0.452 e. The van der Waals surface area contributed by atoms with Crippen molar-refractivity contribution >= 4 is 23.7 Å². The van der Waals surface area contributed by atoms with Crippen LogP contribution < -0.4 is 0 Å². The Morgan fingerprint density at radius 3 is 2.26 bits per heavy atom. The number of carbonyl (C=O) groups excluding carboxylic acids is 1. The van der Waals surface area contributed by atoms with Gasteiger partial charge in [-0.05, 0) is 43.2 Å². The van der Waals surface area contributed by atoms with Gasteiger partial charge in [0, 0.05) is 37.9 Å². The molecule has 0 bridgehead atoms. The van der Waals surface area contributed by atoms with Crippen LogP contribution in [0.25, 0.3) is 11.3 Å². The van der Waals surface area contributed by atoms with Gasteiger partial charge in [-0.25, -0.2) is 4.79 Å². The first-order valence-electron chi connectivity index (χ1n) is 12.2. The van der Waals surface area contributed by atoms with Gasteiger partial charge in [-0.1, -0.05) is 58.9 Å². The quantitative estimate of drug-likeness (QED) is 0.175. The van der Waals surface area contributed by atoms with Gasteiger partial charge in [-0.15, -0.1) is 0 Å². The Balaban J connectivity index is 2.61. The van der Waals surface area contributed by atoms with E-state index in [0.717, 1.165) is 28.1 Å². The number of rotatable bonds is 9. The van der Waals surface area contributed by atoms with Crippen LogP contribution in [0.5, 0.6) is 0 Å². The third-order valence-electron chi connectivity index (χ3n) is 5.59. The summed E-state index contributed by atoms with van der Waals surface area (Å²) < 4.78 is 18.8. The van der Waals surface area contributed by atoms with Crippen LogP contribution in [-0.4, -0.2) is 42.1 Å². The molecule has 0 spiro atoms. The van der Waals surface area contributed by atoms with E-state index in [1.54, 1.807) is 20.2 Å². The lowest BCUT2D eigenvalue weighted by Gasteiger charge is -2.22. The Kier molecular flexibility index (Phi) is 9.69. The number of ether oxygens (including phenoxy) is 3. The van der Waals surface area contributed by atoms with E-state index in [1.165, 1.54) is 5.56 Å². The Morgan fingerprint density at radius 2 is 1.74 bits per heavy atom. The highest BCUT2D eigenvalue weighted by Crippen LogP contribution is 2.32. The minimum atomic E-state index is -0.890. The summed E-state index contributed by atoms with van der Waals surface area (Å²) in [5.74, 6) is 0.755. The Bertz CT molecular complexity index is 1060. The molecule has 1 aromatic carbocycles. The van der Waals surface area contributed by atoms with E-state index in [9.17, 15) is 4.79 Å². The monoisotopic (exact) mass is 483 g/mol. The van der Waals surface area contributed by atoms with Crippen molar-refractivity contribution < 1.29 is 19.0 Å². The lowest BCUT2D eigenvalue weighted by Crippen LogP contribution is -2.21. The van der Waals surface area contributed by atoms with Crippen molar-refractivity contribution in [3.8, 4) is 0 Å². The van der Waals surface area contributed by atoms with Gasteiger partial charge in [0.25, 0.3) is 0 Å². The topological polar surface area (TPSA) is 74.9 Å². The third kappa shape index (κ3) is 7.44. The van der Waals surface area contributed by atoms with Gasteiger partial charge >= 0.3 is 6.16 Å². The van der Waals surface area contributed by atoms with Crippen molar-refractivity contribution in [2.45, 2.75) is 80.6 Å². The molecule has 7 heteroatoms. The predicted octanol–water partition coefficient (Wildman–Crippen LogP) is 6.56. The van der Waals surface area contributed by atoms with Crippen molar-refractivity contribution in [3.05, 3.63) is 52.3 Å². The van der Waals surface area contributed by atoms with Crippen molar-refractivity contribution in [2.24, 2.45) is 10.9 Å². The highest BCUT2D eigenvalue weighted by Gasteiger charge is 2.25. The number of hydrogen-bond acceptors (Lipinski definition) is 6. The van der Waals surface area contributed by atoms with Gasteiger partial charge in [0.15, 0.2) is 5.76 Å². The predicted molar refractivity (Wildman–Crippen MR) is 142 cm³/mol. The van der Waals surface area contributed by atoms with Crippen LogP contribution >= 0.6 is 0 Å². The van der Waals surface area contributed by atoms with E-state index >= 15 is 0 Å². The zero-order valence-corrected chi connectivity index (χ0v) is 22.9. The van der Waals surface area contributed by atoms with Crippen molar-refractivity contribution in [1.82, 2.24) is 9.78 Å². The first-order valence-corrected chi connectivity index (χ1v) is 12.2. The minimum absolute atomic E-state index is 0.0355. The van der Waals surface area contributed by atoms with Crippen molar-refractivity contribution in [3.63, 3.8) is 0 Å². The maximum Gasteiger partial charge on any atom is 0.511 e. The molecule has 2 aromatic rings. The van der Waals surface area contributed by atoms with Gasteiger partial charge in [0.2, 0.25) is 6.29 Å². The lowest BCUT2D eigenvalue weighted by molar-refractivity contribution is -0.0690. The Morgan fingerprint density at radius 1 is 1.11 bits per heavy atom. The molecule has 1 aromatic heterocycles. The third-order valence-corrected chi connectivity index (χ3v) is 5.59. The van der Waals surface area contributed by atoms with Gasteiger partial charge in [-0.3, -0.25) is 9.67 Å². The van der Waals surface area contributed by atoms with E-state index in [1.807, 2.05) is 39.3 Å². The molecule has 0 saturated heterocycles. The molecule has 0 amide bonds. The van der Waals surface area contributed by atoms with Crippen LogP contribution in [0.4, 0.5) is 4.79 Å². The van der Waals surface area contributed by atoms with Crippen LogP contribution in [-0.2, 0) is 26.2 Å². The van der Waals surface area contributed by atoms with Crippen molar-refractivity contribution in [1.29, 1.82) is 0 Å². The first kappa shape index (κ1) is 28.1. The average Bonchev–Trinajstić information content (AvgIpc) is 3.07. The van der Waals surface area contributed by atoms with Gasteiger partial charge in [-0.2, -0.15) is 5.10 Å². The van der Waals surface area contributed by atoms with Crippen LogP contribution in [0.1, 0.15) is 76.5 Å². The molecule has 35 heavy (non-hydrogen) atoms. The summed E-state index contributed by atoms with van der Waals surface area (Å²) in [4.78, 5) is 16.5. The molecule has 1 heterocycles. The van der Waals surface area contributed by atoms with Crippen LogP contribution in [0, 0.1) is 19.8 Å². The fraction of sp³-hybridized carbons (Fsp3) is 0.536. The molecule has 0 fully saturated rings. The Hall–Kier alpha value is -3.09. The maximum atomic E-state index is 12.2. The van der Waals surface area contributed by atoms with E-state index < -0.39 is 12.4 Å². The molecule has 192 valence electrons. The number of nitrogens with zero attached hydrogens (tertiary/aromatic N) is 3. The zero-order valence-electron chi connectivity index (χ0n) is 22.9. The van der Waals surface area contributed by atoms with E-state index in [4.69, 9.17) is 14.2 Å². The fourth-order valence-corrected chi connectivity index (χ4v) is 3.57. The summed E-state index contributed by atoms with van der Waals surface area (Å²) in [6.45, 7) is 19.1. The molecule has 0 aliphatic carbocycles. The SMILES string of the molecule is CCn1nc(C)c(C)c1/C(OC(C)OC(=O)OCC(C)C)=C(\C=N/C)c1ccc(C(C)(C)C)cc1. The van der Waals surface area contributed by atoms with Crippen molar-refractivity contribution in [2.75, 3.05) is 13.7 Å². The molecule has 0 N–H and O–H groups in total. The standard InChI is InChI=1S/C28H41N3O4/c1-11-31-25(19(4)20(5)30-31)26(34-21(6)35-27(32)33-17-18(2)3)24(16-29-10)22-12-14-23(15-13-22)28(7,8)9/h12-16,18,21H,11,17H2,1-10H3/b26-24-,29-16-. The van der Waals surface area contributed by atoms with E-state index in [2.05, 4.69) is 55.1 Å². The number of carbonyl (C=O) groups is 1. The molecule has 0 radical (unpaired) electrons. The number of aryl methyl sites for hydroxylation is 2. The second kappa shape index (κ2) is 12.0. The molecule has 0 saturated carbocycles. The molecule has 7 nitrogen and oxygen atoms in total. The number of benzene rings is 1. The number of aliphatic imine (C=N–C) groups is 1. The summed E-state index contributed by atoms with van der Waals surface area (Å²) in [5, 5.41) is 4.67. The van der Waals surface area contributed by atoms with Gasteiger partial charge in [0.1, 0.15) is 5.69 Å². The summed E-state index contributed by atoms with van der Waals surface area (Å²) in [6.07, 6.45) is 0.119. The summed E-state index contributed by atoms with van der Waals surface area (Å²) in [5.41, 5.74) is 5.70. The maximum absolute atomic E-state index is 12.2. The molecule has 1 unspecified atom stereocenters. The average molecular weight is 484 g/mol. The van der Waals surface area contributed by atoms with Gasteiger partial charge in [0.05, 0.1) is 12.3 Å². The second-order valence-corrected chi connectivity index (χ2v) is 10.1. The summed E-state index contributed by atoms with van der Waals surface area (Å²) in [6, 6.07) is 8.38. The zero-order chi connectivity index (χ0) is 26.3. The summed E-state index contributed by atoms with van der Waals surface area (Å²) in [7, 11) is 1.72. The van der Waals surface area contributed by atoms with Crippen LogP contribution in [0.15, 0.2) is 29.3 Å². The van der Waals surface area contributed by atoms with Gasteiger partial charge < -0.3 is 14.2 Å². The molecule has 2 rings (SSSR count). The molecule has 0 aliphatic rings. The number of hydrogen-bond donors (Lipinski definition) is 0. The second-order valence-electron chi connectivity index (χ2n) is 10.1. The lowest BCUT2D eigenvalue weighted by atomic mass is 9.86. The minimum Gasteiger partial charge on any atom is -0.452 e. The molecular formula is C28H41N3O4. The number of allylic oxidation sites excluding steroid dienone is 1. The van der Waals surface area contributed by atoms with E-state index in [0.29, 0.717) is 12.3 Å². The number of aromatic nitrogens is 2. The molecule has 1 atom stereocenters. The molecule has 0 aliphatic heterocycles. The van der Waals surface area contributed by atoms with Crippen LogP contribution in [0.3, 0.4) is 0 Å². The fourth-order valence-electron chi connectivity index (χ4n) is 3.57. The highest BCUT2D eigenvalue weighted by atomic mass is 16.8. The normalized spacial score (nSPS) is 13.7. The largest absolute Gasteiger partial charge is 0.511 e. The molecular weight excluding hydrogens is 442 g/mol.